The minimum atomic E-state index is -3.97. The summed E-state index contributed by atoms with van der Waals surface area (Å²) in [6.45, 7) is 2.68. The molecule has 2 aromatic rings. The number of likely N-dealkylation sites (N-methyl/N-ethyl adjacent to an activating group) is 1. The molecule has 0 saturated carbocycles. The Balaban J connectivity index is 1.66. The third kappa shape index (κ3) is 4.51. The van der Waals surface area contributed by atoms with Crippen LogP contribution in [0, 0.1) is 5.82 Å². The second-order valence-electron chi connectivity index (χ2n) is 8.30. The van der Waals surface area contributed by atoms with Gasteiger partial charge in [0, 0.05) is 38.3 Å². The fourth-order valence-corrected chi connectivity index (χ4v) is 5.97. The molecule has 0 radical (unpaired) electrons. The molecule has 0 aliphatic carbocycles. The zero-order valence-electron chi connectivity index (χ0n) is 17.7. The van der Waals surface area contributed by atoms with E-state index >= 15 is 0 Å². The Morgan fingerprint density at radius 2 is 1.68 bits per heavy atom. The maximum absolute atomic E-state index is 14.6. The van der Waals surface area contributed by atoms with E-state index in [-0.39, 0.29) is 17.5 Å². The molecular weight excluding hydrogens is 417 g/mol. The van der Waals surface area contributed by atoms with E-state index < -0.39 is 20.7 Å². The van der Waals surface area contributed by atoms with E-state index in [0.29, 0.717) is 26.2 Å². The number of amides is 1. The van der Waals surface area contributed by atoms with Gasteiger partial charge in [-0.15, -0.1) is 0 Å². The second kappa shape index (κ2) is 9.06. The van der Waals surface area contributed by atoms with E-state index in [1.165, 1.54) is 16.4 Å². The van der Waals surface area contributed by atoms with E-state index in [0.717, 1.165) is 37.4 Å². The first kappa shape index (κ1) is 21.9. The number of hydrogen-bond donors (Lipinski definition) is 0. The van der Waals surface area contributed by atoms with Crippen molar-refractivity contribution in [3.05, 3.63) is 65.5 Å². The number of benzene rings is 2. The highest BCUT2D eigenvalue weighted by atomic mass is 32.2. The molecule has 1 atom stereocenters. The van der Waals surface area contributed by atoms with Gasteiger partial charge in [-0.2, -0.15) is 4.31 Å². The van der Waals surface area contributed by atoms with Gasteiger partial charge >= 0.3 is 0 Å². The van der Waals surface area contributed by atoms with E-state index in [4.69, 9.17) is 0 Å². The standard InChI is InChI=1S/C23H28FN3O3S/c1-25-14-15-27(21(17-25)18-8-4-2-5-9-18)23(28)19-10-11-20(24)22(16-19)31(29,30)26-12-6-3-7-13-26/h2,4-5,8-11,16,21H,3,6-7,12-15,17H2,1H3/t21-/m1/s1. The molecular formula is C23H28FN3O3S. The average Bonchev–Trinajstić information content (AvgIpc) is 2.80. The third-order valence-corrected chi connectivity index (χ3v) is 8.05. The molecule has 8 heteroatoms. The lowest BCUT2D eigenvalue weighted by atomic mass is 10.0. The van der Waals surface area contributed by atoms with Gasteiger partial charge in [0.25, 0.3) is 5.91 Å². The maximum atomic E-state index is 14.6. The predicted molar refractivity (Wildman–Crippen MR) is 117 cm³/mol. The van der Waals surface area contributed by atoms with Crippen LogP contribution >= 0.6 is 0 Å². The lowest BCUT2D eigenvalue weighted by molar-refractivity contribution is 0.0497. The van der Waals surface area contributed by atoms with Crippen LogP contribution in [0.5, 0.6) is 0 Å². The zero-order chi connectivity index (χ0) is 22.0. The largest absolute Gasteiger partial charge is 0.329 e. The summed E-state index contributed by atoms with van der Waals surface area (Å²) in [7, 11) is -1.96. The molecule has 0 bridgehead atoms. The third-order valence-electron chi connectivity index (χ3n) is 6.14. The Bertz CT molecular complexity index is 1040. The first-order chi connectivity index (χ1) is 14.9. The van der Waals surface area contributed by atoms with Gasteiger partial charge in [-0.1, -0.05) is 36.8 Å². The summed E-state index contributed by atoms with van der Waals surface area (Å²) < 4.78 is 42.0. The highest BCUT2D eigenvalue weighted by molar-refractivity contribution is 7.89. The number of piperazine rings is 1. The van der Waals surface area contributed by atoms with Crippen molar-refractivity contribution in [1.29, 1.82) is 0 Å². The molecule has 0 spiro atoms. The zero-order valence-corrected chi connectivity index (χ0v) is 18.5. The minimum absolute atomic E-state index is 0.153. The van der Waals surface area contributed by atoms with Crippen molar-refractivity contribution in [3.8, 4) is 0 Å². The molecule has 2 saturated heterocycles. The summed E-state index contributed by atoms with van der Waals surface area (Å²) in [6.07, 6.45) is 2.50. The van der Waals surface area contributed by atoms with Gasteiger partial charge in [0.05, 0.1) is 6.04 Å². The molecule has 2 fully saturated rings. The van der Waals surface area contributed by atoms with Crippen LogP contribution in [0.4, 0.5) is 4.39 Å². The van der Waals surface area contributed by atoms with Crippen LogP contribution < -0.4 is 0 Å². The van der Waals surface area contributed by atoms with Crippen LogP contribution in [0.2, 0.25) is 0 Å². The number of piperidine rings is 1. The van der Waals surface area contributed by atoms with Crippen molar-refractivity contribution in [1.82, 2.24) is 14.1 Å². The van der Waals surface area contributed by atoms with Crippen LogP contribution in [0.3, 0.4) is 0 Å². The van der Waals surface area contributed by atoms with Gasteiger partial charge in [0.15, 0.2) is 0 Å². The lowest BCUT2D eigenvalue weighted by Crippen LogP contribution is -2.49. The van der Waals surface area contributed by atoms with Crippen molar-refractivity contribution >= 4 is 15.9 Å². The Kier molecular flexibility index (Phi) is 6.41. The summed E-state index contributed by atoms with van der Waals surface area (Å²) in [6, 6.07) is 13.3. The van der Waals surface area contributed by atoms with Gasteiger partial charge in [0.1, 0.15) is 10.7 Å². The molecule has 2 aromatic carbocycles. The molecule has 31 heavy (non-hydrogen) atoms. The Hall–Kier alpha value is -2.29. The molecule has 2 heterocycles. The number of rotatable bonds is 4. The summed E-state index contributed by atoms with van der Waals surface area (Å²) in [5.41, 5.74) is 1.22. The Morgan fingerprint density at radius 1 is 0.968 bits per heavy atom. The van der Waals surface area contributed by atoms with Crippen molar-refractivity contribution in [3.63, 3.8) is 0 Å². The van der Waals surface area contributed by atoms with Gasteiger partial charge in [-0.05, 0) is 43.7 Å². The lowest BCUT2D eigenvalue weighted by Gasteiger charge is -2.40. The molecule has 4 rings (SSSR count). The highest BCUT2D eigenvalue weighted by Gasteiger charge is 2.33. The summed E-state index contributed by atoms with van der Waals surface area (Å²) in [5.74, 6) is -1.10. The molecule has 0 aromatic heterocycles. The number of carbonyl (C=O) groups excluding carboxylic acids is 1. The van der Waals surface area contributed by atoms with Crippen LogP contribution in [0.15, 0.2) is 53.4 Å². The molecule has 6 nitrogen and oxygen atoms in total. The molecule has 2 aliphatic heterocycles. The van der Waals surface area contributed by atoms with Gasteiger partial charge in [-0.25, -0.2) is 12.8 Å². The number of nitrogens with zero attached hydrogens (tertiary/aromatic N) is 3. The van der Waals surface area contributed by atoms with Gasteiger partial charge < -0.3 is 9.80 Å². The van der Waals surface area contributed by atoms with Crippen LogP contribution in [0.25, 0.3) is 0 Å². The summed E-state index contributed by atoms with van der Waals surface area (Å²) >= 11 is 0. The van der Waals surface area contributed by atoms with Crippen LogP contribution in [0.1, 0.15) is 41.2 Å². The van der Waals surface area contributed by atoms with Gasteiger partial charge in [0.2, 0.25) is 10.0 Å². The molecule has 0 N–H and O–H groups in total. The number of hydrogen-bond acceptors (Lipinski definition) is 4. The molecule has 2 aliphatic rings. The van der Waals surface area contributed by atoms with Gasteiger partial charge in [-0.3, -0.25) is 4.79 Å². The normalized spacial score (nSPS) is 21.2. The van der Waals surface area contributed by atoms with Crippen molar-refractivity contribution in [2.24, 2.45) is 0 Å². The number of halogens is 1. The van der Waals surface area contributed by atoms with Crippen molar-refractivity contribution in [2.75, 3.05) is 39.8 Å². The molecule has 166 valence electrons. The SMILES string of the molecule is CN1CCN(C(=O)c2ccc(F)c(S(=O)(=O)N3CCCCC3)c2)[C@@H](c2ccccc2)C1. The first-order valence-corrected chi connectivity index (χ1v) is 12.2. The monoisotopic (exact) mass is 445 g/mol. The van der Waals surface area contributed by atoms with Crippen LogP contribution in [-0.4, -0.2) is 68.2 Å². The number of sulfonamides is 1. The average molecular weight is 446 g/mol. The smallest absolute Gasteiger partial charge is 0.254 e. The van der Waals surface area contributed by atoms with Crippen LogP contribution in [-0.2, 0) is 10.0 Å². The van der Waals surface area contributed by atoms with E-state index in [9.17, 15) is 17.6 Å². The quantitative estimate of drug-likeness (QED) is 0.726. The molecule has 1 amide bonds. The Labute approximate surface area is 183 Å². The predicted octanol–water partition coefficient (Wildman–Crippen LogP) is 3.13. The summed E-state index contributed by atoms with van der Waals surface area (Å²) in [5, 5.41) is 0. The van der Waals surface area contributed by atoms with E-state index in [1.807, 2.05) is 37.4 Å². The molecule has 0 unspecified atom stereocenters. The van der Waals surface area contributed by atoms with Crippen molar-refractivity contribution < 1.29 is 17.6 Å². The second-order valence-corrected chi connectivity index (χ2v) is 10.2. The van der Waals surface area contributed by atoms with Crippen molar-refractivity contribution in [2.45, 2.75) is 30.2 Å². The Morgan fingerprint density at radius 3 is 2.39 bits per heavy atom. The first-order valence-electron chi connectivity index (χ1n) is 10.7. The number of carbonyl (C=O) groups is 1. The minimum Gasteiger partial charge on any atom is -0.329 e. The topological polar surface area (TPSA) is 60.9 Å². The maximum Gasteiger partial charge on any atom is 0.254 e. The highest BCUT2D eigenvalue weighted by Crippen LogP contribution is 2.29. The summed E-state index contributed by atoms with van der Waals surface area (Å²) in [4.78, 5) is 17.0. The fraction of sp³-hybridized carbons (Fsp3) is 0.435. The van der Waals surface area contributed by atoms with E-state index in [1.54, 1.807) is 4.90 Å². The van der Waals surface area contributed by atoms with E-state index in [2.05, 4.69) is 4.90 Å². The fourth-order valence-electron chi connectivity index (χ4n) is 4.37.